The van der Waals surface area contributed by atoms with Gasteiger partial charge < -0.3 is 24.5 Å². The van der Waals surface area contributed by atoms with Gasteiger partial charge in [-0.2, -0.15) is 0 Å². The maximum Gasteiger partial charge on any atom is 0.336 e. The highest BCUT2D eigenvalue weighted by atomic mass is 16.5. The SMILES string of the molecule is CNCCN1C(C)=C(C(=O)O)C(c2cccc3c(=O)c(C)c(-c4ccccc4)oc23)C(C(=O)OC)=C1C. The van der Waals surface area contributed by atoms with E-state index in [0.29, 0.717) is 46.8 Å². The number of benzene rings is 2. The van der Waals surface area contributed by atoms with Gasteiger partial charge in [0.2, 0.25) is 0 Å². The number of nitrogens with zero attached hydrogens (tertiary/aromatic N) is 1. The molecule has 0 saturated carbocycles. The van der Waals surface area contributed by atoms with Crippen molar-refractivity contribution in [1.82, 2.24) is 10.2 Å². The number of carboxylic acid groups (broad SMARTS) is 1. The Morgan fingerprint density at radius 3 is 2.32 bits per heavy atom. The van der Waals surface area contributed by atoms with Crippen LogP contribution in [0, 0.1) is 6.92 Å². The predicted octanol–water partition coefficient (Wildman–Crippen LogP) is 4.19. The number of methoxy groups -OCH3 is 1. The van der Waals surface area contributed by atoms with Gasteiger partial charge in [0.15, 0.2) is 5.43 Å². The maximum absolute atomic E-state index is 13.4. The van der Waals surface area contributed by atoms with E-state index >= 15 is 0 Å². The van der Waals surface area contributed by atoms with Gasteiger partial charge in [-0.05, 0) is 33.9 Å². The molecular formula is C29H30N2O6. The summed E-state index contributed by atoms with van der Waals surface area (Å²) < 4.78 is 11.5. The van der Waals surface area contributed by atoms with Crippen LogP contribution in [0.25, 0.3) is 22.3 Å². The minimum Gasteiger partial charge on any atom is -0.478 e. The Labute approximate surface area is 214 Å². The van der Waals surface area contributed by atoms with Crippen molar-refractivity contribution in [1.29, 1.82) is 0 Å². The summed E-state index contributed by atoms with van der Waals surface area (Å²) in [4.78, 5) is 41.1. The number of esters is 1. The van der Waals surface area contributed by atoms with Crippen molar-refractivity contribution in [2.24, 2.45) is 0 Å². The zero-order chi connectivity index (χ0) is 26.9. The summed E-state index contributed by atoms with van der Waals surface area (Å²) in [6, 6.07) is 14.3. The van der Waals surface area contributed by atoms with Gasteiger partial charge in [-0.3, -0.25) is 4.79 Å². The van der Waals surface area contributed by atoms with Gasteiger partial charge in [0.05, 0.1) is 29.6 Å². The average molecular weight is 503 g/mol. The van der Waals surface area contributed by atoms with Crippen molar-refractivity contribution in [3.8, 4) is 11.3 Å². The second-order valence-corrected chi connectivity index (χ2v) is 8.96. The van der Waals surface area contributed by atoms with Crippen LogP contribution < -0.4 is 10.7 Å². The van der Waals surface area contributed by atoms with Crippen molar-refractivity contribution in [3.63, 3.8) is 0 Å². The minimum atomic E-state index is -1.17. The molecule has 2 N–H and O–H groups in total. The number of para-hydroxylation sites is 1. The molecule has 1 unspecified atom stereocenters. The Bertz CT molecular complexity index is 1500. The van der Waals surface area contributed by atoms with E-state index < -0.39 is 17.9 Å². The Hall–Kier alpha value is -4.17. The van der Waals surface area contributed by atoms with Crippen molar-refractivity contribution in [3.05, 3.63) is 92.4 Å². The highest BCUT2D eigenvalue weighted by Crippen LogP contribution is 2.44. The maximum atomic E-state index is 13.4. The number of aliphatic carboxylic acids is 1. The van der Waals surface area contributed by atoms with Crippen LogP contribution in [0.1, 0.15) is 30.9 Å². The predicted molar refractivity (Wildman–Crippen MR) is 141 cm³/mol. The van der Waals surface area contributed by atoms with Crippen LogP contribution in [0.15, 0.2) is 80.3 Å². The standard InChI is InChI=1S/C29H30N2O6/c1-16-25(32)21-13-9-12-20(27(21)37-26(16)19-10-7-6-8-11-19)24-22(28(33)34)17(2)31(15-14-30-4)18(3)23(24)29(35)36-5/h6-13,24,30H,14-15H2,1-5H3,(H,33,34). The van der Waals surface area contributed by atoms with Gasteiger partial charge >= 0.3 is 11.9 Å². The quantitative estimate of drug-likeness (QED) is 0.463. The first-order valence-corrected chi connectivity index (χ1v) is 12.0. The number of rotatable bonds is 7. The molecule has 0 amide bonds. The molecule has 8 heteroatoms. The number of likely N-dealkylation sites (N-methyl/N-ethyl adjacent to an activating group) is 1. The van der Waals surface area contributed by atoms with E-state index in [1.165, 1.54) is 7.11 Å². The molecule has 1 aliphatic heterocycles. The molecule has 8 nitrogen and oxygen atoms in total. The lowest BCUT2D eigenvalue weighted by Crippen LogP contribution is -2.37. The van der Waals surface area contributed by atoms with Crippen LogP contribution in [0.5, 0.6) is 0 Å². The lowest BCUT2D eigenvalue weighted by atomic mass is 9.79. The number of hydrogen-bond donors (Lipinski definition) is 2. The van der Waals surface area contributed by atoms with E-state index in [2.05, 4.69) is 5.32 Å². The fraction of sp³-hybridized carbons (Fsp3) is 0.276. The van der Waals surface area contributed by atoms with Gasteiger partial charge in [-0.15, -0.1) is 0 Å². The molecule has 0 aliphatic carbocycles. The first-order valence-electron chi connectivity index (χ1n) is 12.0. The molecule has 0 spiro atoms. The summed E-state index contributed by atoms with van der Waals surface area (Å²) in [5.41, 5.74) is 2.92. The molecule has 1 aliphatic rings. The van der Waals surface area contributed by atoms with Gasteiger partial charge in [-0.25, -0.2) is 9.59 Å². The Morgan fingerprint density at radius 2 is 1.70 bits per heavy atom. The first-order chi connectivity index (χ1) is 17.7. The number of hydrogen-bond acceptors (Lipinski definition) is 7. The van der Waals surface area contributed by atoms with E-state index in [-0.39, 0.29) is 22.2 Å². The van der Waals surface area contributed by atoms with E-state index in [4.69, 9.17) is 9.15 Å². The molecule has 1 aromatic heterocycles. The average Bonchev–Trinajstić information content (AvgIpc) is 2.89. The molecule has 2 aromatic carbocycles. The van der Waals surface area contributed by atoms with Crippen LogP contribution >= 0.6 is 0 Å². The van der Waals surface area contributed by atoms with E-state index in [9.17, 15) is 19.5 Å². The van der Waals surface area contributed by atoms with Crippen molar-refractivity contribution >= 4 is 22.9 Å². The van der Waals surface area contributed by atoms with Crippen LogP contribution in [-0.4, -0.2) is 49.2 Å². The summed E-state index contributed by atoms with van der Waals surface area (Å²) in [5.74, 6) is -2.41. The van der Waals surface area contributed by atoms with Crippen LogP contribution in [-0.2, 0) is 14.3 Å². The molecule has 37 heavy (non-hydrogen) atoms. The fourth-order valence-electron chi connectivity index (χ4n) is 5.05. The zero-order valence-corrected chi connectivity index (χ0v) is 21.5. The van der Waals surface area contributed by atoms with Gasteiger partial charge in [0.1, 0.15) is 11.3 Å². The smallest absolute Gasteiger partial charge is 0.336 e. The lowest BCUT2D eigenvalue weighted by Gasteiger charge is -2.37. The highest BCUT2D eigenvalue weighted by Gasteiger charge is 2.41. The molecule has 2 heterocycles. The number of allylic oxidation sites excluding steroid dienone is 2. The molecule has 0 bridgehead atoms. The zero-order valence-electron chi connectivity index (χ0n) is 21.5. The number of ether oxygens (including phenoxy) is 1. The Balaban J connectivity index is 2.08. The van der Waals surface area contributed by atoms with Gasteiger partial charge in [-0.1, -0.05) is 42.5 Å². The third-order valence-electron chi connectivity index (χ3n) is 6.91. The molecule has 1 atom stereocenters. The van der Waals surface area contributed by atoms with E-state index in [1.54, 1.807) is 46.0 Å². The summed E-state index contributed by atoms with van der Waals surface area (Å²) in [6.07, 6.45) is 0. The fourth-order valence-corrected chi connectivity index (χ4v) is 5.05. The van der Waals surface area contributed by atoms with E-state index in [1.807, 2.05) is 35.2 Å². The summed E-state index contributed by atoms with van der Waals surface area (Å²) in [5, 5.41) is 13.8. The first kappa shape index (κ1) is 25.9. The van der Waals surface area contributed by atoms with Gasteiger partial charge in [0.25, 0.3) is 0 Å². The van der Waals surface area contributed by atoms with Crippen LogP contribution in [0.3, 0.4) is 0 Å². The summed E-state index contributed by atoms with van der Waals surface area (Å²) in [7, 11) is 3.07. The number of carbonyl (C=O) groups excluding carboxylic acids is 1. The monoisotopic (exact) mass is 502 g/mol. The van der Waals surface area contributed by atoms with Gasteiger partial charge in [0, 0.05) is 41.2 Å². The molecule has 0 saturated heterocycles. The third kappa shape index (κ3) is 4.44. The van der Waals surface area contributed by atoms with Crippen molar-refractivity contribution in [2.75, 3.05) is 27.2 Å². The van der Waals surface area contributed by atoms with E-state index in [0.717, 1.165) is 5.56 Å². The highest BCUT2D eigenvalue weighted by molar-refractivity contribution is 6.00. The number of carboxylic acids is 1. The largest absolute Gasteiger partial charge is 0.478 e. The summed E-state index contributed by atoms with van der Waals surface area (Å²) in [6.45, 7) is 6.24. The number of nitrogens with one attached hydrogen (secondary N) is 1. The second kappa shape index (κ2) is 10.4. The molecular weight excluding hydrogens is 472 g/mol. The van der Waals surface area contributed by atoms with Crippen LogP contribution in [0.4, 0.5) is 0 Å². The molecule has 4 rings (SSSR count). The molecule has 192 valence electrons. The minimum absolute atomic E-state index is 0.0269. The summed E-state index contributed by atoms with van der Waals surface area (Å²) >= 11 is 0. The topological polar surface area (TPSA) is 109 Å². The van der Waals surface area contributed by atoms with Crippen molar-refractivity contribution in [2.45, 2.75) is 26.7 Å². The normalized spacial score (nSPS) is 15.9. The Morgan fingerprint density at radius 1 is 1.03 bits per heavy atom. The molecule has 3 aromatic rings. The third-order valence-corrected chi connectivity index (χ3v) is 6.91. The number of fused-ring (bicyclic) bond motifs is 1. The molecule has 0 fully saturated rings. The Kier molecular flexibility index (Phi) is 7.31. The number of carbonyl (C=O) groups is 2. The van der Waals surface area contributed by atoms with Crippen LogP contribution in [0.2, 0.25) is 0 Å². The second-order valence-electron chi connectivity index (χ2n) is 8.96. The lowest BCUT2D eigenvalue weighted by molar-refractivity contribution is -0.136. The molecule has 0 radical (unpaired) electrons. The van der Waals surface area contributed by atoms with Crippen molar-refractivity contribution < 1.29 is 23.8 Å².